The van der Waals surface area contributed by atoms with Crippen LogP contribution in [0.4, 0.5) is 5.69 Å². The summed E-state index contributed by atoms with van der Waals surface area (Å²) in [4.78, 5) is 4.68. The summed E-state index contributed by atoms with van der Waals surface area (Å²) in [5.74, 6) is 0.848. The number of ether oxygens (including phenoxy) is 1. The molecule has 0 spiro atoms. The molecule has 0 saturated carbocycles. The van der Waals surface area contributed by atoms with Crippen molar-refractivity contribution in [2.45, 2.75) is 13.0 Å². The minimum absolute atomic E-state index is 0.142. The van der Waals surface area contributed by atoms with Crippen LogP contribution >= 0.6 is 11.3 Å². The van der Waals surface area contributed by atoms with Gasteiger partial charge < -0.3 is 10.1 Å². The smallest absolute Gasteiger partial charge is 0.141 e. The van der Waals surface area contributed by atoms with Crippen LogP contribution in [-0.4, -0.2) is 12.1 Å². The number of para-hydroxylation sites is 3. The maximum atomic E-state index is 5.36. The maximum Gasteiger partial charge on any atom is 0.141 e. The number of anilines is 1. The first-order valence-electron chi connectivity index (χ1n) is 6.53. The van der Waals surface area contributed by atoms with Gasteiger partial charge >= 0.3 is 0 Å². The molecule has 1 atom stereocenters. The summed E-state index contributed by atoms with van der Waals surface area (Å²) in [5, 5.41) is 4.54. The van der Waals surface area contributed by atoms with E-state index >= 15 is 0 Å². The average Bonchev–Trinajstić information content (AvgIpc) is 2.92. The first-order valence-corrected chi connectivity index (χ1v) is 7.34. The lowest BCUT2D eigenvalue weighted by Gasteiger charge is -2.15. The molecular formula is C16H16N2OS. The molecule has 2 aromatic carbocycles. The molecule has 4 heteroatoms. The highest BCUT2D eigenvalue weighted by Crippen LogP contribution is 2.31. The molecule has 1 heterocycles. The number of hydrogen-bond acceptors (Lipinski definition) is 4. The number of benzene rings is 2. The fourth-order valence-corrected chi connectivity index (χ4v) is 3.10. The van der Waals surface area contributed by atoms with Crippen molar-refractivity contribution in [2.75, 3.05) is 12.4 Å². The Morgan fingerprint density at radius 2 is 1.85 bits per heavy atom. The highest BCUT2D eigenvalue weighted by atomic mass is 32.1. The van der Waals surface area contributed by atoms with Crippen molar-refractivity contribution >= 4 is 27.2 Å². The monoisotopic (exact) mass is 284 g/mol. The van der Waals surface area contributed by atoms with Gasteiger partial charge in [0, 0.05) is 0 Å². The second kappa shape index (κ2) is 5.51. The van der Waals surface area contributed by atoms with Crippen molar-refractivity contribution in [1.29, 1.82) is 0 Å². The summed E-state index contributed by atoms with van der Waals surface area (Å²) in [7, 11) is 1.68. The van der Waals surface area contributed by atoms with E-state index in [1.807, 2.05) is 42.5 Å². The van der Waals surface area contributed by atoms with Gasteiger partial charge in [0.2, 0.25) is 0 Å². The van der Waals surface area contributed by atoms with E-state index in [2.05, 4.69) is 23.3 Å². The van der Waals surface area contributed by atoms with Crippen LogP contribution < -0.4 is 10.1 Å². The maximum absolute atomic E-state index is 5.36. The molecule has 1 aromatic heterocycles. The van der Waals surface area contributed by atoms with Crippen LogP contribution in [0.1, 0.15) is 18.0 Å². The SMILES string of the molecule is COc1ccccc1NC(C)c1nc2ccccc2s1. The summed E-state index contributed by atoms with van der Waals surface area (Å²) in [6.07, 6.45) is 0. The number of rotatable bonds is 4. The van der Waals surface area contributed by atoms with Gasteiger partial charge in [-0.15, -0.1) is 11.3 Å². The number of aromatic nitrogens is 1. The number of methoxy groups -OCH3 is 1. The Bertz CT molecular complexity index is 690. The van der Waals surface area contributed by atoms with Crippen LogP contribution in [-0.2, 0) is 0 Å². The molecule has 0 radical (unpaired) electrons. The Balaban J connectivity index is 1.87. The van der Waals surface area contributed by atoms with E-state index in [9.17, 15) is 0 Å². The lowest BCUT2D eigenvalue weighted by atomic mass is 10.2. The number of thiazole rings is 1. The van der Waals surface area contributed by atoms with Gasteiger partial charge in [0.05, 0.1) is 29.1 Å². The minimum Gasteiger partial charge on any atom is -0.495 e. The Morgan fingerprint density at radius 1 is 1.10 bits per heavy atom. The lowest BCUT2D eigenvalue weighted by Crippen LogP contribution is -2.07. The van der Waals surface area contributed by atoms with E-state index in [0.29, 0.717) is 0 Å². The molecule has 102 valence electrons. The van der Waals surface area contributed by atoms with E-state index in [0.717, 1.165) is 22.0 Å². The van der Waals surface area contributed by atoms with Crippen molar-refractivity contribution in [2.24, 2.45) is 0 Å². The summed E-state index contributed by atoms with van der Waals surface area (Å²) in [6, 6.07) is 16.3. The van der Waals surface area contributed by atoms with E-state index in [1.165, 1.54) is 4.70 Å². The Labute approximate surface area is 122 Å². The molecule has 3 aromatic rings. The number of hydrogen-bond donors (Lipinski definition) is 1. The Hall–Kier alpha value is -2.07. The fraction of sp³-hybridized carbons (Fsp3) is 0.188. The molecule has 3 nitrogen and oxygen atoms in total. The summed E-state index contributed by atoms with van der Waals surface area (Å²) < 4.78 is 6.58. The molecule has 0 saturated heterocycles. The second-order valence-electron chi connectivity index (χ2n) is 4.59. The van der Waals surface area contributed by atoms with Crippen LogP contribution in [0.25, 0.3) is 10.2 Å². The lowest BCUT2D eigenvalue weighted by molar-refractivity contribution is 0.416. The molecule has 0 aliphatic rings. The predicted molar refractivity (Wildman–Crippen MR) is 84.7 cm³/mol. The number of fused-ring (bicyclic) bond motifs is 1. The van der Waals surface area contributed by atoms with Crippen molar-refractivity contribution in [3.63, 3.8) is 0 Å². The molecule has 0 fully saturated rings. The molecule has 0 aliphatic heterocycles. The standard InChI is InChI=1S/C16H16N2OS/c1-11(17-12-7-3-5-9-14(12)19-2)16-18-13-8-4-6-10-15(13)20-16/h3-11,17H,1-2H3. The fourth-order valence-electron chi connectivity index (χ4n) is 2.13. The van der Waals surface area contributed by atoms with Crippen molar-refractivity contribution < 1.29 is 4.74 Å². The van der Waals surface area contributed by atoms with E-state index in [4.69, 9.17) is 4.74 Å². The molecule has 1 N–H and O–H groups in total. The molecule has 20 heavy (non-hydrogen) atoms. The average molecular weight is 284 g/mol. The highest BCUT2D eigenvalue weighted by Gasteiger charge is 2.12. The Morgan fingerprint density at radius 3 is 2.65 bits per heavy atom. The van der Waals surface area contributed by atoms with Gasteiger partial charge in [-0.05, 0) is 31.2 Å². The van der Waals surface area contributed by atoms with Crippen molar-refractivity contribution in [3.05, 3.63) is 53.5 Å². The van der Waals surface area contributed by atoms with Crippen LogP contribution in [0.3, 0.4) is 0 Å². The normalized spacial score (nSPS) is 12.3. The molecule has 0 aliphatic carbocycles. The van der Waals surface area contributed by atoms with Crippen molar-refractivity contribution in [3.8, 4) is 5.75 Å². The van der Waals surface area contributed by atoms with Crippen LogP contribution in [0, 0.1) is 0 Å². The van der Waals surface area contributed by atoms with Crippen LogP contribution in [0.5, 0.6) is 5.75 Å². The summed E-state index contributed by atoms with van der Waals surface area (Å²) in [6.45, 7) is 2.12. The van der Waals surface area contributed by atoms with Crippen molar-refractivity contribution in [1.82, 2.24) is 4.98 Å². The molecule has 0 amide bonds. The van der Waals surface area contributed by atoms with E-state index in [-0.39, 0.29) is 6.04 Å². The van der Waals surface area contributed by atoms with Gasteiger partial charge in [0.1, 0.15) is 10.8 Å². The van der Waals surface area contributed by atoms with Gasteiger partial charge in [0.15, 0.2) is 0 Å². The molecule has 3 rings (SSSR count). The zero-order valence-electron chi connectivity index (χ0n) is 11.5. The van der Waals surface area contributed by atoms with Crippen LogP contribution in [0.2, 0.25) is 0 Å². The highest BCUT2D eigenvalue weighted by molar-refractivity contribution is 7.18. The predicted octanol–water partition coefficient (Wildman–Crippen LogP) is 4.48. The Kier molecular flexibility index (Phi) is 3.56. The third-order valence-electron chi connectivity index (χ3n) is 3.16. The quantitative estimate of drug-likeness (QED) is 0.767. The largest absolute Gasteiger partial charge is 0.495 e. The van der Waals surface area contributed by atoms with E-state index in [1.54, 1.807) is 18.4 Å². The number of nitrogens with zero attached hydrogens (tertiary/aromatic N) is 1. The zero-order valence-corrected chi connectivity index (χ0v) is 12.3. The van der Waals surface area contributed by atoms with Gasteiger partial charge in [-0.2, -0.15) is 0 Å². The second-order valence-corrected chi connectivity index (χ2v) is 5.65. The topological polar surface area (TPSA) is 34.1 Å². The van der Waals surface area contributed by atoms with Gasteiger partial charge in [-0.3, -0.25) is 0 Å². The van der Waals surface area contributed by atoms with Gasteiger partial charge in [-0.1, -0.05) is 24.3 Å². The minimum atomic E-state index is 0.142. The number of nitrogens with one attached hydrogen (secondary N) is 1. The van der Waals surface area contributed by atoms with Crippen LogP contribution in [0.15, 0.2) is 48.5 Å². The third-order valence-corrected chi connectivity index (χ3v) is 4.38. The van der Waals surface area contributed by atoms with Gasteiger partial charge in [0.25, 0.3) is 0 Å². The third kappa shape index (κ3) is 2.47. The summed E-state index contributed by atoms with van der Waals surface area (Å²) >= 11 is 1.72. The van der Waals surface area contributed by atoms with Gasteiger partial charge in [-0.25, -0.2) is 4.98 Å². The molecule has 0 bridgehead atoms. The zero-order chi connectivity index (χ0) is 13.9. The molecular weight excluding hydrogens is 268 g/mol. The first-order chi connectivity index (χ1) is 9.78. The molecule has 1 unspecified atom stereocenters. The first kappa shape index (κ1) is 12.9. The summed E-state index contributed by atoms with van der Waals surface area (Å²) in [5.41, 5.74) is 2.04. The van der Waals surface area contributed by atoms with E-state index < -0.39 is 0 Å².